The van der Waals surface area contributed by atoms with Crippen molar-refractivity contribution in [2.75, 3.05) is 56.5 Å². The van der Waals surface area contributed by atoms with E-state index in [0.717, 1.165) is 57.1 Å². The van der Waals surface area contributed by atoms with Gasteiger partial charge in [-0.2, -0.15) is 4.37 Å². The van der Waals surface area contributed by atoms with Crippen LogP contribution in [0.15, 0.2) is 48.5 Å². The zero-order valence-corrected chi connectivity index (χ0v) is 18.3. The summed E-state index contributed by atoms with van der Waals surface area (Å²) in [4.78, 5) is 17.3. The molecule has 2 aromatic carbocycles. The number of amides is 1. The fraction of sp³-hybridized carbons (Fsp3) is 0.391. The Labute approximate surface area is 182 Å². The topological polar surface area (TPSA) is 60.5 Å². The number of anilines is 2. The van der Waals surface area contributed by atoms with E-state index in [0.29, 0.717) is 12.1 Å². The molecule has 0 unspecified atom stereocenters. The molecule has 2 N–H and O–H groups in total. The Morgan fingerprint density at radius 3 is 2.63 bits per heavy atom. The minimum absolute atomic E-state index is 0.0101. The van der Waals surface area contributed by atoms with Crippen molar-refractivity contribution in [1.29, 1.82) is 0 Å². The summed E-state index contributed by atoms with van der Waals surface area (Å²) >= 11 is 1.59. The highest BCUT2D eigenvalue weighted by atomic mass is 32.1. The Kier molecular flexibility index (Phi) is 6.81. The number of fused-ring (bicyclic) bond motifs is 1. The molecule has 1 aliphatic rings. The van der Waals surface area contributed by atoms with Crippen LogP contribution in [0.5, 0.6) is 0 Å². The molecule has 2 heterocycles. The molecular weight excluding hydrogens is 394 g/mol. The molecular formula is C23H29N5OS. The number of unbranched alkanes of at least 4 members (excludes halogenated alkanes) is 1. The van der Waals surface area contributed by atoms with E-state index in [-0.39, 0.29) is 5.91 Å². The van der Waals surface area contributed by atoms with Gasteiger partial charge in [0.2, 0.25) is 0 Å². The third-order valence-corrected chi connectivity index (χ3v) is 6.47. The van der Waals surface area contributed by atoms with Crippen molar-refractivity contribution in [3.8, 4) is 0 Å². The van der Waals surface area contributed by atoms with Gasteiger partial charge in [0.05, 0.1) is 10.3 Å². The summed E-state index contributed by atoms with van der Waals surface area (Å²) in [5, 5.41) is 7.38. The Hall–Kier alpha value is -2.64. The highest BCUT2D eigenvalue weighted by Crippen LogP contribution is 2.29. The van der Waals surface area contributed by atoms with E-state index >= 15 is 0 Å². The fourth-order valence-corrected chi connectivity index (χ4v) is 4.74. The monoisotopic (exact) mass is 423 g/mol. The number of para-hydroxylation sites is 1. The minimum Gasteiger partial charge on any atom is -0.387 e. The Balaban J connectivity index is 1.16. The second-order valence-electron chi connectivity index (χ2n) is 7.59. The first kappa shape index (κ1) is 20.6. The van der Waals surface area contributed by atoms with Gasteiger partial charge in [-0.05, 0) is 55.2 Å². The minimum atomic E-state index is -0.0101. The van der Waals surface area contributed by atoms with Gasteiger partial charge in [-0.3, -0.25) is 9.69 Å². The van der Waals surface area contributed by atoms with Crippen LogP contribution in [0.4, 0.5) is 11.5 Å². The summed E-state index contributed by atoms with van der Waals surface area (Å²) in [6, 6.07) is 16.1. The first-order valence-electron chi connectivity index (χ1n) is 10.6. The number of hydrogen-bond donors (Lipinski definition) is 2. The molecule has 0 atom stereocenters. The largest absolute Gasteiger partial charge is 0.387 e. The van der Waals surface area contributed by atoms with E-state index in [2.05, 4.69) is 49.1 Å². The zero-order valence-electron chi connectivity index (χ0n) is 17.4. The molecule has 1 saturated heterocycles. The van der Waals surface area contributed by atoms with E-state index in [1.165, 1.54) is 10.1 Å². The molecule has 158 valence electrons. The summed E-state index contributed by atoms with van der Waals surface area (Å²) in [5.41, 5.74) is 1.56. The smallest absolute Gasteiger partial charge is 0.253 e. The lowest BCUT2D eigenvalue weighted by atomic mass is 10.1. The number of benzene rings is 2. The van der Waals surface area contributed by atoms with Gasteiger partial charge in [0.1, 0.15) is 5.82 Å². The van der Waals surface area contributed by atoms with Gasteiger partial charge in [0.15, 0.2) is 0 Å². The molecule has 3 aromatic rings. The normalized spacial score (nSPS) is 14.8. The number of carbonyl (C=O) groups is 1. The van der Waals surface area contributed by atoms with E-state index in [9.17, 15) is 4.79 Å². The summed E-state index contributed by atoms with van der Waals surface area (Å²) in [5.74, 6) is 1.13. The Bertz CT molecular complexity index is 980. The summed E-state index contributed by atoms with van der Waals surface area (Å²) in [7, 11) is 1.84. The van der Waals surface area contributed by atoms with Crippen molar-refractivity contribution in [1.82, 2.24) is 14.6 Å². The van der Waals surface area contributed by atoms with Crippen molar-refractivity contribution in [2.45, 2.75) is 12.8 Å². The third-order valence-electron chi connectivity index (χ3n) is 5.66. The number of nitrogens with zero attached hydrogens (tertiary/aromatic N) is 3. The quantitative estimate of drug-likeness (QED) is 0.542. The van der Waals surface area contributed by atoms with Crippen LogP contribution in [0, 0.1) is 0 Å². The third kappa shape index (κ3) is 4.74. The van der Waals surface area contributed by atoms with Gasteiger partial charge < -0.3 is 15.5 Å². The molecule has 30 heavy (non-hydrogen) atoms. The second kappa shape index (κ2) is 9.91. The average molecular weight is 424 g/mol. The molecule has 1 amide bonds. The lowest BCUT2D eigenvalue weighted by molar-refractivity contribution is 0.0953. The Morgan fingerprint density at radius 2 is 1.80 bits per heavy atom. The maximum absolute atomic E-state index is 12.4. The molecule has 0 spiro atoms. The van der Waals surface area contributed by atoms with E-state index in [4.69, 9.17) is 0 Å². The molecule has 0 saturated carbocycles. The van der Waals surface area contributed by atoms with Crippen LogP contribution in [0.3, 0.4) is 0 Å². The second-order valence-corrected chi connectivity index (χ2v) is 8.39. The van der Waals surface area contributed by atoms with Gasteiger partial charge in [-0.15, -0.1) is 0 Å². The molecule has 1 aromatic heterocycles. The van der Waals surface area contributed by atoms with Crippen LogP contribution in [0.1, 0.15) is 23.2 Å². The number of nitrogens with one attached hydrogen (secondary N) is 2. The van der Waals surface area contributed by atoms with Crippen molar-refractivity contribution in [3.63, 3.8) is 0 Å². The molecule has 4 rings (SSSR count). The average Bonchev–Trinajstić information content (AvgIpc) is 3.23. The first-order chi connectivity index (χ1) is 14.8. The first-order valence-corrected chi connectivity index (χ1v) is 11.4. The van der Waals surface area contributed by atoms with E-state index < -0.39 is 0 Å². The molecule has 1 aliphatic heterocycles. The summed E-state index contributed by atoms with van der Waals surface area (Å²) < 4.78 is 5.95. The molecule has 7 heteroatoms. The Morgan fingerprint density at radius 1 is 1.03 bits per heavy atom. The van der Waals surface area contributed by atoms with Crippen LogP contribution in [0.2, 0.25) is 0 Å². The number of rotatable bonds is 8. The van der Waals surface area contributed by atoms with Crippen LogP contribution < -0.4 is 15.5 Å². The van der Waals surface area contributed by atoms with Gasteiger partial charge >= 0.3 is 0 Å². The van der Waals surface area contributed by atoms with Crippen LogP contribution >= 0.6 is 11.5 Å². The van der Waals surface area contributed by atoms with Crippen molar-refractivity contribution >= 4 is 39.0 Å². The highest BCUT2D eigenvalue weighted by molar-refractivity contribution is 7.13. The highest BCUT2D eigenvalue weighted by Gasteiger charge is 2.20. The predicted molar refractivity (Wildman–Crippen MR) is 126 cm³/mol. The lowest BCUT2D eigenvalue weighted by Crippen LogP contribution is -2.46. The van der Waals surface area contributed by atoms with Gasteiger partial charge in [0.25, 0.3) is 5.91 Å². The molecule has 6 nitrogen and oxygen atoms in total. The molecule has 0 radical (unpaired) electrons. The lowest BCUT2D eigenvalue weighted by Gasteiger charge is -2.35. The number of carbonyl (C=O) groups excluding carboxylic acids is 1. The maximum Gasteiger partial charge on any atom is 0.253 e. The van der Waals surface area contributed by atoms with Crippen LogP contribution in [0.25, 0.3) is 10.1 Å². The summed E-state index contributed by atoms with van der Waals surface area (Å²) in [6.07, 6.45) is 2.08. The summed E-state index contributed by atoms with van der Waals surface area (Å²) in [6.45, 7) is 5.95. The van der Waals surface area contributed by atoms with Gasteiger partial charge in [-0.1, -0.05) is 24.3 Å². The van der Waals surface area contributed by atoms with Gasteiger partial charge in [0, 0.05) is 50.8 Å². The van der Waals surface area contributed by atoms with Gasteiger partial charge in [-0.25, -0.2) is 0 Å². The number of piperazine rings is 1. The zero-order chi connectivity index (χ0) is 20.8. The standard InChI is InChI=1S/C23H29N5OS/c1-24-20-10-4-2-8-18(20)23(29)25-12-6-7-13-27-14-16-28(17-15-27)22-19-9-3-5-11-21(19)30-26-22/h2-5,8-11,24H,6-7,12-17H2,1H3,(H,25,29). The maximum atomic E-state index is 12.4. The molecule has 0 aliphatic carbocycles. The molecule has 0 bridgehead atoms. The van der Waals surface area contributed by atoms with Crippen LogP contribution in [-0.2, 0) is 0 Å². The number of aromatic nitrogens is 1. The van der Waals surface area contributed by atoms with Crippen molar-refractivity contribution < 1.29 is 4.79 Å². The van der Waals surface area contributed by atoms with Crippen molar-refractivity contribution in [3.05, 3.63) is 54.1 Å². The predicted octanol–water partition coefficient (Wildman–Crippen LogP) is 3.67. The van der Waals surface area contributed by atoms with Crippen molar-refractivity contribution in [2.24, 2.45) is 0 Å². The fourth-order valence-electron chi connectivity index (χ4n) is 3.94. The van der Waals surface area contributed by atoms with Crippen LogP contribution in [-0.4, -0.2) is 61.5 Å². The SMILES string of the molecule is CNc1ccccc1C(=O)NCCCCN1CCN(c2nsc3ccccc23)CC1. The van der Waals surface area contributed by atoms with E-state index in [1.54, 1.807) is 11.5 Å². The number of hydrogen-bond acceptors (Lipinski definition) is 6. The van der Waals surface area contributed by atoms with E-state index in [1.807, 2.05) is 31.3 Å². The molecule has 1 fully saturated rings.